The van der Waals surface area contributed by atoms with Crippen LogP contribution < -0.4 is 16.0 Å². The summed E-state index contributed by atoms with van der Waals surface area (Å²) in [5, 5.41) is 0.960. The number of anilines is 1. The van der Waals surface area contributed by atoms with E-state index < -0.39 is 15.6 Å². The van der Waals surface area contributed by atoms with E-state index in [-0.39, 0.29) is 16.6 Å². The molecule has 142 valence electrons. The standard InChI is InChI=1S/C17H23FN4O2S2/c1-17(2,3)22-26(23,24)15-8-12(21-18)4-5-13(15)14-9-20-16(25-14)10-6-11(19)7-10/h4-5,8-11,21-22H,6-7,19H2,1-3H3. The lowest BCUT2D eigenvalue weighted by atomic mass is 9.81. The van der Waals surface area contributed by atoms with Crippen LogP contribution in [0.2, 0.25) is 0 Å². The SMILES string of the molecule is CC(C)(C)NS(=O)(=O)c1cc(NF)ccc1-c1cnc(C2CC(N)C2)s1. The molecule has 4 N–H and O–H groups in total. The lowest BCUT2D eigenvalue weighted by molar-refractivity contribution is 0.350. The van der Waals surface area contributed by atoms with Crippen molar-refractivity contribution in [3.05, 3.63) is 29.4 Å². The molecule has 9 heteroatoms. The minimum Gasteiger partial charge on any atom is -0.328 e. The smallest absolute Gasteiger partial charge is 0.241 e. The number of hydrogen-bond donors (Lipinski definition) is 3. The Morgan fingerprint density at radius 3 is 2.58 bits per heavy atom. The van der Waals surface area contributed by atoms with Gasteiger partial charge < -0.3 is 5.73 Å². The third kappa shape index (κ3) is 4.06. The highest BCUT2D eigenvalue weighted by Gasteiger charge is 2.31. The maximum Gasteiger partial charge on any atom is 0.241 e. The highest BCUT2D eigenvalue weighted by atomic mass is 32.2. The zero-order valence-corrected chi connectivity index (χ0v) is 16.5. The Kier molecular flexibility index (Phi) is 5.08. The summed E-state index contributed by atoms with van der Waals surface area (Å²) in [4.78, 5) is 5.21. The van der Waals surface area contributed by atoms with E-state index in [0.717, 1.165) is 22.7 Å². The third-order valence-electron chi connectivity index (χ3n) is 4.13. The van der Waals surface area contributed by atoms with Gasteiger partial charge in [0.25, 0.3) is 0 Å². The summed E-state index contributed by atoms with van der Waals surface area (Å²) in [6, 6.07) is 4.61. The van der Waals surface area contributed by atoms with Gasteiger partial charge in [-0.1, -0.05) is 0 Å². The maximum absolute atomic E-state index is 12.9. The van der Waals surface area contributed by atoms with Gasteiger partial charge in [0.15, 0.2) is 0 Å². The maximum atomic E-state index is 12.9. The number of halogens is 1. The average Bonchev–Trinajstić information content (AvgIpc) is 2.98. The minimum atomic E-state index is -3.84. The van der Waals surface area contributed by atoms with Gasteiger partial charge in [0.1, 0.15) is 0 Å². The number of thiazole rings is 1. The zero-order valence-electron chi connectivity index (χ0n) is 14.9. The van der Waals surface area contributed by atoms with E-state index >= 15 is 0 Å². The van der Waals surface area contributed by atoms with E-state index in [9.17, 15) is 12.9 Å². The van der Waals surface area contributed by atoms with Crippen LogP contribution in [0.15, 0.2) is 29.3 Å². The van der Waals surface area contributed by atoms with E-state index in [4.69, 9.17) is 5.73 Å². The van der Waals surface area contributed by atoms with Crippen LogP contribution in [-0.4, -0.2) is 25.0 Å². The number of benzene rings is 1. The summed E-state index contributed by atoms with van der Waals surface area (Å²) in [5.74, 6) is 0.336. The van der Waals surface area contributed by atoms with Crippen molar-refractivity contribution >= 4 is 27.0 Å². The van der Waals surface area contributed by atoms with E-state index in [1.807, 2.05) is 0 Å². The summed E-state index contributed by atoms with van der Waals surface area (Å²) in [7, 11) is -3.84. The summed E-state index contributed by atoms with van der Waals surface area (Å²) >= 11 is 1.46. The number of rotatable bonds is 5. The Morgan fingerprint density at radius 2 is 2.00 bits per heavy atom. The largest absolute Gasteiger partial charge is 0.328 e. The number of nitrogens with zero attached hydrogens (tertiary/aromatic N) is 1. The van der Waals surface area contributed by atoms with Crippen molar-refractivity contribution in [1.82, 2.24) is 9.71 Å². The number of nitrogens with one attached hydrogen (secondary N) is 2. The van der Waals surface area contributed by atoms with Gasteiger partial charge in [-0.05, 0) is 51.8 Å². The molecule has 0 unspecified atom stereocenters. The topological polar surface area (TPSA) is 97.1 Å². The molecule has 0 bridgehead atoms. The van der Waals surface area contributed by atoms with Crippen molar-refractivity contribution in [1.29, 1.82) is 0 Å². The number of hydrogen-bond acceptors (Lipinski definition) is 6. The second-order valence-corrected chi connectivity index (χ2v) is 10.4. The highest BCUT2D eigenvalue weighted by Crippen LogP contribution is 2.41. The van der Waals surface area contributed by atoms with Crippen LogP contribution in [0.3, 0.4) is 0 Å². The van der Waals surface area contributed by atoms with Crippen LogP contribution in [-0.2, 0) is 10.0 Å². The molecule has 0 amide bonds. The Labute approximate surface area is 157 Å². The first-order chi connectivity index (χ1) is 12.1. The average molecular weight is 399 g/mol. The zero-order chi connectivity index (χ0) is 19.1. The Balaban J connectivity index is 2.02. The van der Waals surface area contributed by atoms with Crippen molar-refractivity contribution < 1.29 is 12.9 Å². The predicted octanol–water partition coefficient (Wildman–Crippen LogP) is 3.39. The highest BCUT2D eigenvalue weighted by molar-refractivity contribution is 7.89. The first-order valence-corrected chi connectivity index (χ1v) is 10.7. The molecular weight excluding hydrogens is 375 g/mol. The van der Waals surface area contributed by atoms with Crippen LogP contribution >= 0.6 is 11.3 Å². The quantitative estimate of drug-likeness (QED) is 0.671. The Morgan fingerprint density at radius 1 is 1.31 bits per heavy atom. The van der Waals surface area contributed by atoms with Crippen molar-refractivity contribution in [2.75, 3.05) is 5.54 Å². The Bertz CT molecular complexity index is 900. The predicted molar refractivity (Wildman–Crippen MR) is 102 cm³/mol. The van der Waals surface area contributed by atoms with Gasteiger partial charge in [-0.3, -0.25) is 0 Å². The van der Waals surface area contributed by atoms with Gasteiger partial charge in [0, 0.05) is 29.3 Å². The normalized spacial score (nSPS) is 20.7. The monoisotopic (exact) mass is 398 g/mol. The molecular formula is C17H23FN4O2S2. The molecule has 6 nitrogen and oxygen atoms in total. The third-order valence-corrected chi connectivity index (χ3v) is 7.12. The van der Waals surface area contributed by atoms with Crippen LogP contribution in [0.4, 0.5) is 10.2 Å². The van der Waals surface area contributed by atoms with Crippen LogP contribution in [0, 0.1) is 0 Å². The fourth-order valence-electron chi connectivity index (χ4n) is 2.93. The lowest BCUT2D eigenvalue weighted by Gasteiger charge is -2.30. The van der Waals surface area contributed by atoms with Crippen LogP contribution in [0.1, 0.15) is 44.5 Å². The molecule has 2 aromatic rings. The lowest BCUT2D eigenvalue weighted by Crippen LogP contribution is -2.40. The van der Waals surface area contributed by atoms with Crippen molar-refractivity contribution in [3.63, 3.8) is 0 Å². The molecule has 3 rings (SSSR count). The second-order valence-electron chi connectivity index (χ2n) is 7.65. The van der Waals surface area contributed by atoms with Crippen molar-refractivity contribution in [3.8, 4) is 10.4 Å². The molecule has 1 aliphatic carbocycles. The van der Waals surface area contributed by atoms with Gasteiger partial charge in [-0.15, -0.1) is 15.8 Å². The van der Waals surface area contributed by atoms with E-state index in [1.165, 1.54) is 29.0 Å². The number of aromatic nitrogens is 1. The molecule has 1 fully saturated rings. The Hall–Kier alpha value is -1.55. The molecule has 1 aromatic carbocycles. The molecule has 1 saturated carbocycles. The molecule has 0 saturated heterocycles. The molecule has 0 radical (unpaired) electrons. The summed E-state index contributed by atoms with van der Waals surface area (Å²) < 4.78 is 41.2. The van der Waals surface area contributed by atoms with Crippen molar-refractivity contribution in [2.24, 2.45) is 5.73 Å². The van der Waals surface area contributed by atoms with Gasteiger partial charge in [0.2, 0.25) is 10.0 Å². The van der Waals surface area contributed by atoms with E-state index in [1.54, 1.807) is 33.0 Å². The molecule has 1 heterocycles. The van der Waals surface area contributed by atoms with Gasteiger partial charge >= 0.3 is 0 Å². The molecule has 0 spiro atoms. The number of nitrogens with two attached hydrogens (primary N) is 1. The van der Waals surface area contributed by atoms with Crippen molar-refractivity contribution in [2.45, 2.75) is 56.0 Å². The second kappa shape index (κ2) is 6.88. The molecule has 0 atom stereocenters. The van der Waals surface area contributed by atoms with E-state index in [0.29, 0.717) is 11.5 Å². The van der Waals surface area contributed by atoms with Gasteiger partial charge in [0.05, 0.1) is 20.5 Å². The fourth-order valence-corrected chi connectivity index (χ4v) is 5.74. The number of sulfonamides is 1. The summed E-state index contributed by atoms with van der Waals surface area (Å²) in [5.41, 5.74) is 7.28. The molecule has 0 aliphatic heterocycles. The van der Waals surface area contributed by atoms with Crippen LogP contribution in [0.5, 0.6) is 0 Å². The first-order valence-electron chi connectivity index (χ1n) is 8.35. The molecule has 1 aromatic heterocycles. The van der Waals surface area contributed by atoms with Gasteiger partial charge in [-0.25, -0.2) is 23.7 Å². The summed E-state index contributed by atoms with van der Waals surface area (Å²) in [6.07, 6.45) is 3.47. The minimum absolute atomic E-state index is 0.0237. The van der Waals surface area contributed by atoms with Gasteiger partial charge in [-0.2, -0.15) is 0 Å². The fraction of sp³-hybridized carbons (Fsp3) is 0.471. The van der Waals surface area contributed by atoms with E-state index in [2.05, 4.69) is 9.71 Å². The molecule has 26 heavy (non-hydrogen) atoms. The van der Waals surface area contributed by atoms with Crippen LogP contribution in [0.25, 0.3) is 10.4 Å². The summed E-state index contributed by atoms with van der Waals surface area (Å²) in [6.45, 7) is 5.27. The first kappa shape index (κ1) is 19.2. The molecule has 1 aliphatic rings.